The summed E-state index contributed by atoms with van der Waals surface area (Å²) in [5, 5.41) is 20.7. The third-order valence-corrected chi connectivity index (χ3v) is 3.06. The number of amides is 2. The van der Waals surface area contributed by atoms with Crippen LogP contribution in [0.25, 0.3) is 0 Å². The van der Waals surface area contributed by atoms with Crippen LogP contribution in [0.15, 0.2) is 18.2 Å². The molecule has 128 valence electrons. The van der Waals surface area contributed by atoms with Gasteiger partial charge in [0.05, 0.1) is 6.04 Å². The van der Waals surface area contributed by atoms with Gasteiger partial charge in [-0.3, -0.25) is 9.59 Å². The van der Waals surface area contributed by atoms with Crippen molar-refractivity contribution in [1.82, 2.24) is 5.32 Å². The molecule has 0 heterocycles. The number of hydrogen-bond acceptors (Lipinski definition) is 7. The van der Waals surface area contributed by atoms with E-state index in [0.717, 1.165) is 0 Å². The number of carbonyl (C=O) groups excluding carboxylic acids is 3. The molecule has 0 bridgehead atoms. The number of carbonyl (C=O) groups is 3. The average Bonchev–Trinajstić information content (AvgIpc) is 2.55. The summed E-state index contributed by atoms with van der Waals surface area (Å²) in [4.78, 5) is 34.0. The highest BCUT2D eigenvalue weighted by molar-refractivity contribution is 5.92. The summed E-state index contributed by atoms with van der Waals surface area (Å²) >= 11 is 0. The fourth-order valence-corrected chi connectivity index (χ4v) is 1.78. The molecule has 24 heavy (non-hydrogen) atoms. The Morgan fingerprint density at radius 2 is 2.08 bits per heavy atom. The average molecular weight is 334 g/mol. The number of rotatable bonds is 8. The summed E-state index contributed by atoms with van der Waals surface area (Å²) in [6.45, 7) is -0.344. The van der Waals surface area contributed by atoms with Gasteiger partial charge in [0, 0.05) is 13.0 Å². The van der Waals surface area contributed by atoms with Crippen molar-refractivity contribution < 1.29 is 24.2 Å². The maximum Gasteiger partial charge on any atom is 0.342 e. The first kappa shape index (κ1) is 18.9. The van der Waals surface area contributed by atoms with Gasteiger partial charge in [0.2, 0.25) is 11.8 Å². The maximum absolute atomic E-state index is 11.8. The number of ether oxygens (including phenoxy) is 1. The molecule has 0 fully saturated rings. The van der Waals surface area contributed by atoms with Gasteiger partial charge in [-0.05, 0) is 24.1 Å². The van der Waals surface area contributed by atoms with Gasteiger partial charge in [-0.1, -0.05) is 6.07 Å². The zero-order valence-electron chi connectivity index (χ0n) is 12.8. The van der Waals surface area contributed by atoms with Crippen molar-refractivity contribution >= 4 is 17.8 Å². The van der Waals surface area contributed by atoms with E-state index in [1.54, 1.807) is 6.07 Å². The van der Waals surface area contributed by atoms with E-state index in [2.05, 4.69) is 10.1 Å². The van der Waals surface area contributed by atoms with Gasteiger partial charge >= 0.3 is 5.97 Å². The van der Waals surface area contributed by atoms with Crippen LogP contribution in [0, 0.1) is 11.3 Å². The van der Waals surface area contributed by atoms with Gasteiger partial charge in [0.15, 0.2) is 6.61 Å². The summed E-state index contributed by atoms with van der Waals surface area (Å²) in [5.74, 6) is -2.16. The Labute approximate surface area is 138 Å². The minimum atomic E-state index is -0.869. The summed E-state index contributed by atoms with van der Waals surface area (Å²) < 4.78 is 4.59. The van der Waals surface area contributed by atoms with E-state index in [1.165, 1.54) is 18.2 Å². The predicted molar refractivity (Wildman–Crippen MR) is 82.3 cm³/mol. The maximum atomic E-state index is 11.8. The molecule has 6 N–H and O–H groups in total. The molecular formula is C15H18N4O5. The summed E-state index contributed by atoms with van der Waals surface area (Å²) in [6, 6.07) is 4.90. The number of aromatic hydroxyl groups is 1. The molecule has 1 rings (SSSR count). The van der Waals surface area contributed by atoms with E-state index in [1.807, 2.05) is 0 Å². The molecule has 0 spiro atoms. The van der Waals surface area contributed by atoms with Gasteiger partial charge in [0.25, 0.3) is 0 Å². The Kier molecular flexibility index (Phi) is 7.19. The summed E-state index contributed by atoms with van der Waals surface area (Å²) in [7, 11) is 0. The van der Waals surface area contributed by atoms with Crippen LogP contribution in [-0.2, 0) is 20.9 Å². The van der Waals surface area contributed by atoms with Gasteiger partial charge in [-0.15, -0.1) is 0 Å². The van der Waals surface area contributed by atoms with Crippen molar-refractivity contribution in [3.63, 3.8) is 0 Å². The fraction of sp³-hybridized carbons (Fsp3) is 0.333. The van der Waals surface area contributed by atoms with Crippen LogP contribution in [-0.4, -0.2) is 35.5 Å². The number of nitriles is 1. The predicted octanol–water partition coefficient (Wildman–Crippen LogP) is -0.718. The molecule has 1 aromatic rings. The number of phenolic OH excluding ortho intramolecular Hbond substituents is 1. The fourth-order valence-electron chi connectivity index (χ4n) is 1.78. The van der Waals surface area contributed by atoms with Gasteiger partial charge in [-0.2, -0.15) is 5.26 Å². The molecule has 0 aliphatic rings. The SMILES string of the molecule is N#CCOC(=O)c1ccc(CNC(=O)[C@@H](N)CCC(N)=O)cc1O. The second kappa shape index (κ2) is 9.12. The highest BCUT2D eigenvalue weighted by Crippen LogP contribution is 2.19. The number of nitrogens with zero attached hydrogens (tertiary/aromatic N) is 1. The molecule has 0 aliphatic carbocycles. The number of hydrogen-bond donors (Lipinski definition) is 4. The molecule has 1 aromatic carbocycles. The Bertz CT molecular complexity index is 668. The van der Waals surface area contributed by atoms with E-state index in [-0.39, 0.29) is 30.7 Å². The highest BCUT2D eigenvalue weighted by Gasteiger charge is 2.16. The number of benzene rings is 1. The molecule has 0 saturated carbocycles. The van der Waals surface area contributed by atoms with Gasteiger partial charge in [0.1, 0.15) is 17.4 Å². The topological polar surface area (TPSA) is 169 Å². The first-order valence-electron chi connectivity index (χ1n) is 7.02. The lowest BCUT2D eigenvalue weighted by atomic mass is 10.1. The minimum absolute atomic E-state index is 0.00881. The third kappa shape index (κ3) is 5.94. The molecule has 0 unspecified atom stereocenters. The zero-order chi connectivity index (χ0) is 18.1. The molecule has 0 aliphatic heterocycles. The van der Waals surface area contributed by atoms with Crippen LogP contribution in [0.3, 0.4) is 0 Å². The monoisotopic (exact) mass is 334 g/mol. The zero-order valence-corrected chi connectivity index (χ0v) is 12.8. The van der Waals surface area contributed by atoms with Crippen molar-refractivity contribution in [2.45, 2.75) is 25.4 Å². The Morgan fingerprint density at radius 3 is 2.67 bits per heavy atom. The number of nitrogens with two attached hydrogens (primary N) is 2. The molecule has 0 saturated heterocycles. The van der Waals surface area contributed by atoms with Crippen LogP contribution < -0.4 is 16.8 Å². The summed E-state index contributed by atoms with van der Waals surface area (Å²) in [6.07, 6.45) is 0.144. The largest absolute Gasteiger partial charge is 0.507 e. The second-order valence-corrected chi connectivity index (χ2v) is 4.92. The molecule has 0 radical (unpaired) electrons. The van der Waals surface area contributed by atoms with Gasteiger partial charge in [-0.25, -0.2) is 4.79 Å². The summed E-state index contributed by atoms with van der Waals surface area (Å²) in [5.41, 5.74) is 11.0. The molecular weight excluding hydrogens is 316 g/mol. The van der Waals surface area contributed by atoms with E-state index >= 15 is 0 Å². The molecule has 9 heteroatoms. The van der Waals surface area contributed by atoms with E-state index in [0.29, 0.717) is 5.56 Å². The molecule has 1 atom stereocenters. The quantitative estimate of drug-likeness (QED) is 0.455. The van der Waals surface area contributed by atoms with E-state index in [9.17, 15) is 19.5 Å². The Hall–Kier alpha value is -3.12. The van der Waals surface area contributed by atoms with Crippen LogP contribution in [0.5, 0.6) is 5.75 Å². The van der Waals surface area contributed by atoms with Crippen molar-refractivity contribution in [2.75, 3.05) is 6.61 Å². The van der Waals surface area contributed by atoms with Crippen LogP contribution in [0.4, 0.5) is 0 Å². The highest BCUT2D eigenvalue weighted by atomic mass is 16.5. The van der Waals surface area contributed by atoms with Gasteiger partial charge < -0.3 is 26.6 Å². The lowest BCUT2D eigenvalue weighted by Gasteiger charge is -2.12. The normalized spacial score (nSPS) is 11.2. The van der Waals surface area contributed by atoms with Crippen molar-refractivity contribution in [3.05, 3.63) is 29.3 Å². The number of primary amides is 1. The van der Waals surface area contributed by atoms with E-state index < -0.39 is 30.4 Å². The standard InChI is InChI=1S/C15H18N4O5/c16-5-6-24-15(23)10-2-1-9(7-12(10)20)8-19-14(22)11(17)3-4-13(18)21/h1-2,7,11,20H,3-4,6,8,17H2,(H2,18,21)(H,19,22)/t11-/m0/s1. The van der Waals surface area contributed by atoms with Crippen LogP contribution in [0.2, 0.25) is 0 Å². The lowest BCUT2D eigenvalue weighted by molar-refractivity contribution is -0.123. The van der Waals surface area contributed by atoms with Crippen molar-refractivity contribution in [1.29, 1.82) is 5.26 Å². The first-order valence-corrected chi connectivity index (χ1v) is 7.02. The van der Waals surface area contributed by atoms with E-state index in [4.69, 9.17) is 16.7 Å². The molecule has 0 aromatic heterocycles. The Balaban J connectivity index is 2.59. The number of nitrogens with one attached hydrogen (secondary N) is 1. The third-order valence-electron chi connectivity index (χ3n) is 3.06. The number of esters is 1. The minimum Gasteiger partial charge on any atom is -0.507 e. The second-order valence-electron chi connectivity index (χ2n) is 4.92. The number of phenols is 1. The van der Waals surface area contributed by atoms with Crippen LogP contribution >= 0.6 is 0 Å². The molecule has 9 nitrogen and oxygen atoms in total. The first-order chi connectivity index (χ1) is 11.3. The van der Waals surface area contributed by atoms with Crippen molar-refractivity contribution in [2.24, 2.45) is 11.5 Å². The smallest absolute Gasteiger partial charge is 0.342 e. The molecule has 2 amide bonds. The lowest BCUT2D eigenvalue weighted by Crippen LogP contribution is -2.40. The van der Waals surface area contributed by atoms with Crippen LogP contribution in [0.1, 0.15) is 28.8 Å². The van der Waals surface area contributed by atoms with Crippen molar-refractivity contribution in [3.8, 4) is 11.8 Å². The Morgan fingerprint density at radius 1 is 1.38 bits per heavy atom.